The third kappa shape index (κ3) is 6.13. The van der Waals surface area contributed by atoms with E-state index < -0.39 is 10.0 Å². The Morgan fingerprint density at radius 2 is 2.22 bits per heavy atom. The largest absolute Gasteiger partial charge is 0.317 e. The van der Waals surface area contributed by atoms with Gasteiger partial charge < -0.3 is 5.32 Å². The summed E-state index contributed by atoms with van der Waals surface area (Å²) in [5.74, 6) is 0.156. The Morgan fingerprint density at radius 3 is 2.83 bits per heavy atom. The minimum absolute atomic E-state index is 0.156. The first-order valence-electron chi connectivity index (χ1n) is 6.21. The van der Waals surface area contributed by atoms with Gasteiger partial charge in [-0.3, -0.25) is 4.68 Å². The van der Waals surface area contributed by atoms with E-state index in [0.717, 1.165) is 13.1 Å². The van der Waals surface area contributed by atoms with Gasteiger partial charge in [0.1, 0.15) is 0 Å². The van der Waals surface area contributed by atoms with E-state index in [1.807, 2.05) is 26.1 Å². The zero-order chi connectivity index (χ0) is 13.4. The molecule has 0 aromatic carbocycles. The highest BCUT2D eigenvalue weighted by atomic mass is 32.2. The van der Waals surface area contributed by atoms with Crippen molar-refractivity contribution in [2.24, 2.45) is 0 Å². The van der Waals surface area contributed by atoms with Crippen molar-refractivity contribution in [1.29, 1.82) is 0 Å². The highest BCUT2D eigenvalue weighted by molar-refractivity contribution is 7.89. The van der Waals surface area contributed by atoms with E-state index in [-0.39, 0.29) is 11.8 Å². The monoisotopic (exact) mass is 274 g/mol. The lowest BCUT2D eigenvalue weighted by Crippen LogP contribution is -2.37. The molecule has 1 aromatic rings. The van der Waals surface area contributed by atoms with Crippen LogP contribution in [0.3, 0.4) is 0 Å². The van der Waals surface area contributed by atoms with Crippen LogP contribution in [0.1, 0.15) is 20.3 Å². The highest BCUT2D eigenvalue weighted by Crippen LogP contribution is 1.96. The molecule has 1 aromatic heterocycles. The minimum atomic E-state index is -3.20. The van der Waals surface area contributed by atoms with Crippen LogP contribution < -0.4 is 10.0 Å². The number of sulfonamides is 1. The Bertz CT molecular complexity index is 416. The van der Waals surface area contributed by atoms with Gasteiger partial charge in [0.25, 0.3) is 0 Å². The molecule has 1 atom stereocenters. The Labute approximate surface area is 109 Å². The molecule has 1 unspecified atom stereocenters. The van der Waals surface area contributed by atoms with Crippen LogP contribution in [-0.2, 0) is 16.6 Å². The van der Waals surface area contributed by atoms with Crippen molar-refractivity contribution in [3.63, 3.8) is 0 Å². The molecular formula is C11H22N4O2S. The molecule has 0 bridgehead atoms. The maximum absolute atomic E-state index is 11.8. The standard InChI is InChI=1S/C11H22N4O2S/c1-3-12-6-5-9-18(16,17)14-11(2)10-15-8-4-7-13-15/h4,7-8,11-12,14H,3,5-6,9-10H2,1-2H3. The number of hydrogen-bond acceptors (Lipinski definition) is 4. The summed E-state index contributed by atoms with van der Waals surface area (Å²) >= 11 is 0. The van der Waals surface area contributed by atoms with Crippen molar-refractivity contribution in [2.75, 3.05) is 18.8 Å². The molecule has 0 fully saturated rings. The SMILES string of the molecule is CCNCCCS(=O)(=O)NC(C)Cn1cccn1. The molecule has 0 aliphatic rings. The van der Waals surface area contributed by atoms with Gasteiger partial charge in [-0.1, -0.05) is 6.92 Å². The summed E-state index contributed by atoms with van der Waals surface area (Å²) in [4.78, 5) is 0. The first-order valence-corrected chi connectivity index (χ1v) is 7.87. The van der Waals surface area contributed by atoms with Gasteiger partial charge in [0, 0.05) is 18.4 Å². The average molecular weight is 274 g/mol. The van der Waals surface area contributed by atoms with E-state index in [9.17, 15) is 8.42 Å². The van der Waals surface area contributed by atoms with Gasteiger partial charge in [0.05, 0.1) is 12.3 Å². The van der Waals surface area contributed by atoms with Crippen LogP contribution in [0.2, 0.25) is 0 Å². The summed E-state index contributed by atoms with van der Waals surface area (Å²) in [7, 11) is -3.20. The van der Waals surface area contributed by atoms with Crippen molar-refractivity contribution >= 4 is 10.0 Å². The second-order valence-electron chi connectivity index (χ2n) is 4.27. The van der Waals surface area contributed by atoms with Crippen molar-refractivity contribution in [3.8, 4) is 0 Å². The fourth-order valence-electron chi connectivity index (χ4n) is 1.66. The summed E-state index contributed by atoms with van der Waals surface area (Å²) in [5.41, 5.74) is 0. The molecule has 0 amide bonds. The first kappa shape index (κ1) is 15.1. The van der Waals surface area contributed by atoms with Crippen molar-refractivity contribution in [3.05, 3.63) is 18.5 Å². The van der Waals surface area contributed by atoms with E-state index in [1.54, 1.807) is 10.9 Å². The first-order chi connectivity index (χ1) is 8.53. The topological polar surface area (TPSA) is 76.0 Å². The fraction of sp³-hybridized carbons (Fsp3) is 0.727. The molecule has 104 valence electrons. The van der Waals surface area contributed by atoms with Gasteiger partial charge in [-0.25, -0.2) is 13.1 Å². The fourth-order valence-corrected chi connectivity index (χ4v) is 2.99. The van der Waals surface area contributed by atoms with Crippen LogP contribution in [-0.4, -0.2) is 43.1 Å². The van der Waals surface area contributed by atoms with Gasteiger partial charge in [0.2, 0.25) is 10.0 Å². The predicted octanol–water partition coefficient (Wildman–Crippen LogP) is 0.191. The molecule has 1 heterocycles. The van der Waals surface area contributed by atoms with Gasteiger partial charge >= 0.3 is 0 Å². The van der Waals surface area contributed by atoms with E-state index in [4.69, 9.17) is 0 Å². The molecule has 0 radical (unpaired) electrons. The van der Waals surface area contributed by atoms with Crippen LogP contribution in [0.15, 0.2) is 18.5 Å². The molecule has 7 heteroatoms. The lowest BCUT2D eigenvalue weighted by Gasteiger charge is -2.14. The Hall–Kier alpha value is -0.920. The Kier molecular flexibility index (Phi) is 6.31. The predicted molar refractivity (Wildman–Crippen MR) is 71.8 cm³/mol. The van der Waals surface area contributed by atoms with Crippen LogP contribution in [0.4, 0.5) is 0 Å². The number of rotatable bonds is 9. The van der Waals surface area contributed by atoms with E-state index >= 15 is 0 Å². The number of nitrogens with one attached hydrogen (secondary N) is 2. The van der Waals surface area contributed by atoms with E-state index in [2.05, 4.69) is 15.1 Å². The molecule has 0 spiro atoms. The lowest BCUT2D eigenvalue weighted by molar-refractivity contribution is 0.493. The quantitative estimate of drug-likeness (QED) is 0.630. The second-order valence-corrected chi connectivity index (χ2v) is 6.15. The molecule has 6 nitrogen and oxygen atoms in total. The molecule has 2 N–H and O–H groups in total. The lowest BCUT2D eigenvalue weighted by atomic mass is 10.4. The minimum Gasteiger partial charge on any atom is -0.317 e. The average Bonchev–Trinajstić information content (AvgIpc) is 2.76. The van der Waals surface area contributed by atoms with Gasteiger partial charge in [0.15, 0.2) is 0 Å². The Morgan fingerprint density at radius 1 is 1.44 bits per heavy atom. The third-order valence-electron chi connectivity index (χ3n) is 2.42. The molecule has 0 aliphatic heterocycles. The molecule has 0 saturated carbocycles. The second kappa shape index (κ2) is 7.50. The zero-order valence-electron chi connectivity index (χ0n) is 11.0. The third-order valence-corrected chi connectivity index (χ3v) is 4.01. The normalized spacial score (nSPS) is 13.7. The summed E-state index contributed by atoms with van der Waals surface area (Å²) in [6.45, 7) is 5.97. The molecule has 1 rings (SSSR count). The molecule has 0 saturated heterocycles. The molecule has 0 aliphatic carbocycles. The maximum Gasteiger partial charge on any atom is 0.211 e. The number of hydrogen-bond donors (Lipinski definition) is 2. The van der Waals surface area contributed by atoms with Crippen LogP contribution in [0.25, 0.3) is 0 Å². The number of nitrogens with zero attached hydrogens (tertiary/aromatic N) is 2. The number of aromatic nitrogens is 2. The zero-order valence-corrected chi connectivity index (χ0v) is 11.8. The highest BCUT2D eigenvalue weighted by Gasteiger charge is 2.14. The molecular weight excluding hydrogens is 252 g/mol. The molecule has 18 heavy (non-hydrogen) atoms. The van der Waals surface area contributed by atoms with E-state index in [0.29, 0.717) is 13.0 Å². The van der Waals surface area contributed by atoms with Crippen LogP contribution in [0.5, 0.6) is 0 Å². The van der Waals surface area contributed by atoms with Crippen molar-refractivity contribution in [2.45, 2.75) is 32.9 Å². The van der Waals surface area contributed by atoms with Crippen LogP contribution >= 0.6 is 0 Å². The summed E-state index contributed by atoms with van der Waals surface area (Å²) < 4.78 is 27.9. The Balaban J connectivity index is 2.30. The van der Waals surface area contributed by atoms with Crippen molar-refractivity contribution < 1.29 is 8.42 Å². The summed E-state index contributed by atoms with van der Waals surface area (Å²) in [6, 6.07) is 1.66. The van der Waals surface area contributed by atoms with Crippen LogP contribution in [0, 0.1) is 0 Å². The van der Waals surface area contributed by atoms with E-state index in [1.165, 1.54) is 0 Å². The summed E-state index contributed by atoms with van der Waals surface area (Å²) in [6.07, 6.45) is 4.12. The van der Waals surface area contributed by atoms with Crippen molar-refractivity contribution in [1.82, 2.24) is 19.8 Å². The smallest absolute Gasteiger partial charge is 0.211 e. The maximum atomic E-state index is 11.8. The van der Waals surface area contributed by atoms with Gasteiger partial charge in [-0.05, 0) is 32.5 Å². The van der Waals surface area contributed by atoms with Gasteiger partial charge in [-0.15, -0.1) is 0 Å². The van der Waals surface area contributed by atoms with Gasteiger partial charge in [-0.2, -0.15) is 5.10 Å². The summed E-state index contributed by atoms with van der Waals surface area (Å²) in [5, 5.41) is 7.15.